The van der Waals surface area contributed by atoms with E-state index in [2.05, 4.69) is 15.2 Å². The van der Waals surface area contributed by atoms with Crippen molar-refractivity contribution in [1.29, 1.82) is 0 Å². The van der Waals surface area contributed by atoms with Crippen molar-refractivity contribution in [1.82, 2.24) is 19.8 Å². The number of imide groups is 1. The number of ether oxygens (including phenoxy) is 2. The number of methoxy groups -OCH3 is 1. The molecule has 0 saturated carbocycles. The first-order valence-electron chi connectivity index (χ1n) is 12.4. The van der Waals surface area contributed by atoms with Gasteiger partial charge >= 0.3 is 0 Å². The summed E-state index contributed by atoms with van der Waals surface area (Å²) in [6.45, 7) is 3.69. The van der Waals surface area contributed by atoms with Crippen LogP contribution in [0.25, 0.3) is 33.0 Å². The molecule has 2 aliphatic rings. The third-order valence-corrected chi connectivity index (χ3v) is 7.12. The number of hydrogen-bond acceptors (Lipinski definition) is 6. The molecule has 190 valence electrons. The number of morpholine rings is 1. The molecule has 37 heavy (non-hydrogen) atoms. The number of H-pyrrole nitrogens is 1. The molecule has 2 amide bonds. The highest BCUT2D eigenvalue weighted by molar-refractivity contribution is 6.50. The minimum absolute atomic E-state index is 0.305. The molecular formula is C28H28N4O5. The SMILES string of the molecule is COc1cccc2c(C3=C(c4c[nH]c5ccccc45)C(=O)NC3=O)cn(CC(O)CN3CCOCC3)c12. The van der Waals surface area contributed by atoms with Gasteiger partial charge in [0.25, 0.3) is 11.8 Å². The number of nitrogens with zero attached hydrogens (tertiary/aromatic N) is 2. The summed E-state index contributed by atoms with van der Waals surface area (Å²) >= 11 is 0. The maximum atomic E-state index is 13.2. The lowest BCUT2D eigenvalue weighted by Gasteiger charge is -2.28. The molecule has 1 unspecified atom stereocenters. The Balaban J connectivity index is 1.48. The fraction of sp³-hybridized carbons (Fsp3) is 0.286. The molecule has 4 aromatic rings. The maximum absolute atomic E-state index is 13.2. The summed E-state index contributed by atoms with van der Waals surface area (Å²) in [5.41, 5.74) is 3.58. The third-order valence-electron chi connectivity index (χ3n) is 7.12. The fourth-order valence-electron chi connectivity index (χ4n) is 5.45. The molecule has 9 nitrogen and oxygen atoms in total. The number of benzene rings is 2. The predicted octanol–water partition coefficient (Wildman–Crippen LogP) is 2.39. The Labute approximate surface area is 213 Å². The van der Waals surface area contributed by atoms with Crippen molar-refractivity contribution in [3.05, 3.63) is 66.0 Å². The predicted molar refractivity (Wildman–Crippen MR) is 140 cm³/mol. The van der Waals surface area contributed by atoms with Crippen molar-refractivity contribution in [2.45, 2.75) is 12.6 Å². The van der Waals surface area contributed by atoms with E-state index in [-0.39, 0.29) is 0 Å². The summed E-state index contributed by atoms with van der Waals surface area (Å²) in [6.07, 6.45) is 2.97. The van der Waals surface area contributed by atoms with Gasteiger partial charge in [0.2, 0.25) is 0 Å². The first-order valence-corrected chi connectivity index (χ1v) is 12.4. The van der Waals surface area contributed by atoms with Gasteiger partial charge in [-0.2, -0.15) is 0 Å². The van der Waals surface area contributed by atoms with E-state index in [1.807, 2.05) is 53.2 Å². The summed E-state index contributed by atoms with van der Waals surface area (Å²) in [4.78, 5) is 31.7. The standard InChI is InChI=1S/C28H28N4O5/c1-36-23-8-4-6-19-21(16-32(26(19)23)15-17(33)14-31-9-11-37-12-10-31)25-24(27(34)30-28(25)35)20-13-29-22-7-3-2-5-18(20)22/h2-8,13,16-17,29,33H,9-12,14-15H2,1H3,(H,30,34,35). The maximum Gasteiger partial charge on any atom is 0.259 e. The number of hydrogen-bond donors (Lipinski definition) is 3. The fourth-order valence-corrected chi connectivity index (χ4v) is 5.45. The van der Waals surface area contributed by atoms with Gasteiger partial charge in [0.1, 0.15) is 5.75 Å². The number of nitrogens with one attached hydrogen (secondary N) is 2. The van der Waals surface area contributed by atoms with Gasteiger partial charge in [-0.25, -0.2) is 0 Å². The average Bonchev–Trinajstić information content (AvgIpc) is 3.57. The van der Waals surface area contributed by atoms with Gasteiger partial charge in [-0.3, -0.25) is 19.8 Å². The molecule has 6 rings (SSSR count). The molecule has 0 bridgehead atoms. The molecule has 9 heteroatoms. The van der Waals surface area contributed by atoms with Crippen molar-refractivity contribution in [3.8, 4) is 5.75 Å². The molecule has 0 radical (unpaired) electrons. The van der Waals surface area contributed by atoms with E-state index in [4.69, 9.17) is 9.47 Å². The highest BCUT2D eigenvalue weighted by Crippen LogP contribution is 2.40. The molecule has 2 aromatic carbocycles. The molecule has 1 saturated heterocycles. The number of aromatic amines is 1. The van der Waals surface area contributed by atoms with Crippen LogP contribution in [0, 0.1) is 0 Å². The molecule has 0 aliphatic carbocycles. The first-order chi connectivity index (χ1) is 18.0. The monoisotopic (exact) mass is 500 g/mol. The van der Waals surface area contributed by atoms with Crippen LogP contribution in [0.2, 0.25) is 0 Å². The number of aliphatic hydroxyl groups excluding tert-OH is 1. The smallest absolute Gasteiger partial charge is 0.259 e. The van der Waals surface area contributed by atoms with Crippen LogP contribution in [0.3, 0.4) is 0 Å². The number of para-hydroxylation sites is 2. The zero-order chi connectivity index (χ0) is 25.5. The van der Waals surface area contributed by atoms with E-state index >= 15 is 0 Å². The lowest BCUT2D eigenvalue weighted by Crippen LogP contribution is -2.41. The van der Waals surface area contributed by atoms with Crippen molar-refractivity contribution in [2.24, 2.45) is 0 Å². The van der Waals surface area contributed by atoms with Gasteiger partial charge in [-0.05, 0) is 12.1 Å². The van der Waals surface area contributed by atoms with E-state index in [1.165, 1.54) is 0 Å². The summed E-state index contributed by atoms with van der Waals surface area (Å²) in [5, 5.41) is 15.1. The molecular weight excluding hydrogens is 472 g/mol. The number of rotatable bonds is 7. The van der Waals surface area contributed by atoms with Crippen LogP contribution in [-0.2, 0) is 20.9 Å². The molecule has 2 aromatic heterocycles. The van der Waals surface area contributed by atoms with Crippen LogP contribution in [0.4, 0.5) is 0 Å². The Morgan fingerprint density at radius 2 is 1.70 bits per heavy atom. The molecule has 3 N–H and O–H groups in total. The Morgan fingerprint density at radius 1 is 0.973 bits per heavy atom. The second-order valence-corrected chi connectivity index (χ2v) is 9.40. The number of β-amino-alcohol motifs (C(OH)–C–C–N with tert-alkyl or cyclic N) is 1. The van der Waals surface area contributed by atoms with Gasteiger partial charge in [-0.1, -0.05) is 30.3 Å². The second kappa shape index (κ2) is 9.51. The molecule has 2 aliphatic heterocycles. The van der Waals surface area contributed by atoms with Gasteiger partial charge < -0.3 is 24.1 Å². The van der Waals surface area contributed by atoms with Gasteiger partial charge in [0, 0.05) is 66.0 Å². The van der Waals surface area contributed by atoms with E-state index in [1.54, 1.807) is 13.3 Å². The largest absolute Gasteiger partial charge is 0.495 e. The summed E-state index contributed by atoms with van der Waals surface area (Å²) in [5.74, 6) is -0.247. The van der Waals surface area contributed by atoms with Crippen molar-refractivity contribution in [2.75, 3.05) is 40.0 Å². The number of amides is 2. The zero-order valence-electron chi connectivity index (χ0n) is 20.5. The summed E-state index contributed by atoms with van der Waals surface area (Å²) in [6, 6.07) is 13.3. The summed E-state index contributed by atoms with van der Waals surface area (Å²) < 4.78 is 13.0. The first kappa shape index (κ1) is 23.5. The highest BCUT2D eigenvalue weighted by Gasteiger charge is 2.35. The van der Waals surface area contributed by atoms with Gasteiger partial charge in [0.05, 0.1) is 43.1 Å². The quantitative estimate of drug-likeness (QED) is 0.336. The number of carbonyl (C=O) groups is 2. The minimum atomic E-state index is -0.646. The van der Waals surface area contributed by atoms with Crippen LogP contribution in [0.5, 0.6) is 5.75 Å². The normalized spacial score (nSPS) is 17.7. The lowest BCUT2D eigenvalue weighted by molar-refractivity contribution is -0.122. The van der Waals surface area contributed by atoms with Crippen LogP contribution in [-0.4, -0.2) is 77.4 Å². The number of carbonyl (C=O) groups excluding carboxylic acids is 2. The van der Waals surface area contributed by atoms with E-state index in [9.17, 15) is 14.7 Å². The zero-order valence-corrected chi connectivity index (χ0v) is 20.5. The number of aromatic nitrogens is 2. The second-order valence-electron chi connectivity index (χ2n) is 9.40. The lowest BCUT2D eigenvalue weighted by atomic mass is 9.95. The molecule has 0 spiro atoms. The Hall–Kier alpha value is -3.92. The molecule has 4 heterocycles. The molecule has 1 fully saturated rings. The van der Waals surface area contributed by atoms with E-state index in [0.29, 0.717) is 54.3 Å². The van der Waals surface area contributed by atoms with E-state index < -0.39 is 17.9 Å². The topological polar surface area (TPSA) is 109 Å². The van der Waals surface area contributed by atoms with Crippen LogP contribution in [0.15, 0.2) is 54.9 Å². The van der Waals surface area contributed by atoms with Crippen LogP contribution in [0.1, 0.15) is 11.1 Å². The number of fused-ring (bicyclic) bond motifs is 2. The van der Waals surface area contributed by atoms with Crippen molar-refractivity contribution in [3.63, 3.8) is 0 Å². The average molecular weight is 501 g/mol. The van der Waals surface area contributed by atoms with Gasteiger partial charge in [-0.15, -0.1) is 0 Å². The Bertz CT molecular complexity index is 1540. The third kappa shape index (κ3) is 4.11. The van der Waals surface area contributed by atoms with Crippen molar-refractivity contribution >= 4 is 44.8 Å². The van der Waals surface area contributed by atoms with Crippen molar-refractivity contribution < 1.29 is 24.2 Å². The Morgan fingerprint density at radius 3 is 2.49 bits per heavy atom. The molecule has 1 atom stereocenters. The minimum Gasteiger partial charge on any atom is -0.495 e. The Kier molecular flexibility index (Phi) is 6.03. The van der Waals surface area contributed by atoms with Crippen LogP contribution < -0.4 is 10.1 Å². The number of aliphatic hydroxyl groups is 1. The summed E-state index contributed by atoms with van der Waals surface area (Å²) in [7, 11) is 1.60. The highest BCUT2D eigenvalue weighted by atomic mass is 16.5. The van der Waals surface area contributed by atoms with E-state index in [0.717, 1.165) is 34.9 Å². The van der Waals surface area contributed by atoms with Crippen LogP contribution >= 0.6 is 0 Å². The van der Waals surface area contributed by atoms with Gasteiger partial charge in [0.15, 0.2) is 0 Å².